The van der Waals surface area contributed by atoms with Gasteiger partial charge in [-0.1, -0.05) is 218 Å². The van der Waals surface area contributed by atoms with Crippen LogP contribution in [-0.4, -0.2) is 12.3 Å². The normalized spacial score (nSPS) is 10.3. The Kier molecular flexibility index (Phi) is 30.3. The number of hydrogen-bond donors (Lipinski definition) is 0. The molecule has 0 spiro atoms. The van der Waals surface area contributed by atoms with Gasteiger partial charge in [-0.15, -0.1) is 188 Å². The van der Waals surface area contributed by atoms with Crippen LogP contribution in [0.2, 0.25) is 0 Å². The quantitative estimate of drug-likeness (QED) is 0.105. The van der Waals surface area contributed by atoms with E-state index in [4.69, 9.17) is 0 Å². The molecule has 0 saturated carbocycles. The standard InChI is InChI=1S/2C21H17.2C17H15.2C7H8Si.4ClH.2Zr/c2*1-14-12-17-11-10-15(2)21(20(17)13-14)19-9-5-7-16-6-3-4-8-18(16)19;2*1-12-10-15-9-8-13(2)17(16(15)11-12)14-6-4-3-5-7-14;2*8-6-7-4-2-1-3-5-7;;;;;;/h2*3-13H,1-2H3;2*3-11H,1-2H3;2*1-5,8H,6H2;4*1H;;/q4*-1;;;;;;;2*+2. The zero-order chi connectivity index (χ0) is 65.5. The summed E-state index contributed by atoms with van der Waals surface area (Å²) in [7, 11) is 0. The van der Waals surface area contributed by atoms with Crippen molar-refractivity contribution in [1.29, 1.82) is 0 Å². The fourth-order valence-corrected chi connectivity index (χ4v) is 17.7. The zero-order valence-electron chi connectivity index (χ0n) is 57.1. The van der Waals surface area contributed by atoms with Gasteiger partial charge in [-0.25, -0.2) is 0 Å². The Labute approximate surface area is 637 Å². The molecule has 0 radical (unpaired) electrons. The molecule has 0 nitrogen and oxygen atoms in total. The number of benzene rings is 12. The van der Waals surface area contributed by atoms with Gasteiger partial charge in [0.1, 0.15) is 0 Å². The average molecular weight is 1550 g/mol. The van der Waals surface area contributed by atoms with Gasteiger partial charge >= 0.3 is 143 Å². The van der Waals surface area contributed by atoms with Crippen molar-refractivity contribution in [1.82, 2.24) is 0 Å². The molecule has 16 rings (SSSR count). The van der Waals surface area contributed by atoms with E-state index in [1.54, 1.807) is 46.7 Å². The molecule has 0 aliphatic carbocycles. The third kappa shape index (κ3) is 19.3. The van der Waals surface area contributed by atoms with Crippen LogP contribution in [0.25, 0.3) is 109 Å². The fraction of sp³-hybridized carbons (Fsp3) is 0.111. The van der Waals surface area contributed by atoms with Crippen LogP contribution in [-0.2, 0) is 58.8 Å². The van der Waals surface area contributed by atoms with Crippen LogP contribution < -0.4 is 0 Å². The summed E-state index contributed by atoms with van der Waals surface area (Å²) in [5.41, 5.74) is 24.5. The van der Waals surface area contributed by atoms with Crippen molar-refractivity contribution in [3.05, 3.63) is 359 Å². The SMILES string of the molecule is Cc1cc2c(-c3cccc4ccccc34)c(C)ccc2[cH-]1.Cc1cc2c(-c3cccc4ccccc34)c(C)ccc2[cH-]1.Cc1cc2c(-c3ccccc3)c(C)ccc2[cH-]1.Cc1cc2c(-c3ccccc3)c(C)ccc2[cH-]1.Cl.Cl.Cl.Cl.[Zr+2]=[SiH]Cc1ccccc1.[Zr+2]=[SiH]Cc1ccccc1. The molecule has 16 aromatic carbocycles. The molecule has 0 aliphatic heterocycles. The van der Waals surface area contributed by atoms with E-state index in [-0.39, 0.29) is 49.6 Å². The molecule has 0 saturated heterocycles. The summed E-state index contributed by atoms with van der Waals surface area (Å²) in [6.45, 7) is 17.4. The van der Waals surface area contributed by atoms with Gasteiger partial charge in [0.25, 0.3) is 0 Å². The van der Waals surface area contributed by atoms with E-state index in [0.717, 1.165) is 0 Å². The molecule has 98 heavy (non-hydrogen) atoms. The van der Waals surface area contributed by atoms with E-state index in [1.807, 2.05) is 0 Å². The predicted octanol–water partition coefficient (Wildman–Crippen LogP) is 25.5. The van der Waals surface area contributed by atoms with Crippen LogP contribution in [0.5, 0.6) is 0 Å². The maximum absolute atomic E-state index is 2.30. The topological polar surface area (TPSA) is 0 Å². The Morgan fingerprint density at radius 2 is 0.510 bits per heavy atom. The molecule has 0 heterocycles. The first kappa shape index (κ1) is 78.3. The van der Waals surface area contributed by atoms with E-state index >= 15 is 0 Å². The summed E-state index contributed by atoms with van der Waals surface area (Å²) >= 11 is 3.43. The molecule has 0 aromatic heterocycles. The van der Waals surface area contributed by atoms with Crippen molar-refractivity contribution < 1.29 is 46.7 Å². The van der Waals surface area contributed by atoms with Gasteiger partial charge in [0.2, 0.25) is 0 Å². The molecule has 0 N–H and O–H groups in total. The first-order valence-electron chi connectivity index (χ1n) is 32.6. The molecular weight excluding hydrogens is 1460 g/mol. The minimum absolute atomic E-state index is 0. The molecule has 0 aliphatic rings. The van der Waals surface area contributed by atoms with Gasteiger partial charge in [0.15, 0.2) is 0 Å². The molecule has 0 amide bonds. The molecule has 0 atom stereocenters. The Hall–Kier alpha value is -7.04. The molecule has 0 bridgehead atoms. The third-order valence-electron chi connectivity index (χ3n) is 17.6. The van der Waals surface area contributed by atoms with Crippen molar-refractivity contribution in [2.75, 3.05) is 0 Å². The van der Waals surface area contributed by atoms with Crippen molar-refractivity contribution in [3.63, 3.8) is 0 Å². The Bertz CT molecular complexity index is 4880. The van der Waals surface area contributed by atoms with E-state index in [1.165, 1.54) is 177 Å². The molecular formula is C90H84Cl4Si2Zr2. The van der Waals surface area contributed by atoms with E-state index < -0.39 is 0 Å². The average Bonchev–Trinajstić information content (AvgIpc) is 1.82. The van der Waals surface area contributed by atoms with Crippen LogP contribution in [0.15, 0.2) is 303 Å². The predicted molar refractivity (Wildman–Crippen MR) is 436 cm³/mol. The number of aryl methyl sites for hydroxylation is 8. The van der Waals surface area contributed by atoms with Gasteiger partial charge in [0, 0.05) is 0 Å². The fourth-order valence-electron chi connectivity index (χ4n) is 13.2. The first-order valence-corrected chi connectivity index (χ1v) is 44.0. The molecule has 0 unspecified atom stereocenters. The Morgan fingerprint density at radius 1 is 0.255 bits per heavy atom. The Morgan fingerprint density at radius 3 is 0.816 bits per heavy atom. The van der Waals surface area contributed by atoms with E-state index in [0.29, 0.717) is 12.3 Å². The second kappa shape index (κ2) is 38.0. The molecule has 8 heteroatoms. The van der Waals surface area contributed by atoms with Crippen LogP contribution in [0.1, 0.15) is 55.6 Å². The Balaban J connectivity index is 0.000000168. The number of halogens is 4. The van der Waals surface area contributed by atoms with Gasteiger partial charge < -0.3 is 0 Å². The van der Waals surface area contributed by atoms with Gasteiger partial charge in [0.05, 0.1) is 0 Å². The summed E-state index contributed by atoms with van der Waals surface area (Å²) in [6, 6.07) is 112. The molecule has 16 aromatic rings. The maximum atomic E-state index is 2.30. The zero-order valence-corrected chi connectivity index (χ0v) is 67.6. The van der Waals surface area contributed by atoms with E-state index in [2.05, 4.69) is 359 Å². The van der Waals surface area contributed by atoms with Crippen LogP contribution >= 0.6 is 49.6 Å². The van der Waals surface area contributed by atoms with Crippen LogP contribution in [0.3, 0.4) is 0 Å². The van der Waals surface area contributed by atoms with Gasteiger partial charge in [-0.3, -0.25) is 0 Å². The number of rotatable bonds is 8. The summed E-state index contributed by atoms with van der Waals surface area (Å²) in [5.74, 6) is 0. The summed E-state index contributed by atoms with van der Waals surface area (Å²) in [4.78, 5) is 0. The minimum atomic E-state index is 0. The van der Waals surface area contributed by atoms with Crippen LogP contribution in [0.4, 0.5) is 0 Å². The second-order valence-corrected chi connectivity index (χ2v) is 32.4. The number of hydrogen-bond acceptors (Lipinski definition) is 0. The summed E-state index contributed by atoms with van der Waals surface area (Å²) < 4.78 is 0. The van der Waals surface area contributed by atoms with Crippen molar-refractivity contribution in [2.45, 2.75) is 67.5 Å². The van der Waals surface area contributed by atoms with Gasteiger partial charge in [-0.05, 0) is 71.5 Å². The third-order valence-corrected chi connectivity index (χ3v) is 21.9. The van der Waals surface area contributed by atoms with E-state index in [9.17, 15) is 0 Å². The van der Waals surface area contributed by atoms with Crippen molar-refractivity contribution >= 4 is 127 Å². The van der Waals surface area contributed by atoms with Crippen molar-refractivity contribution in [2.24, 2.45) is 0 Å². The first-order chi connectivity index (χ1) is 45.8. The van der Waals surface area contributed by atoms with Crippen LogP contribution in [0, 0.1) is 55.4 Å². The summed E-state index contributed by atoms with van der Waals surface area (Å²) in [6.07, 6.45) is 1.43. The molecule has 0 fully saturated rings. The molecule has 488 valence electrons. The summed E-state index contributed by atoms with van der Waals surface area (Å²) in [5, 5.41) is 16.1. The monoisotopic (exact) mass is 1540 g/mol. The van der Waals surface area contributed by atoms with Crippen molar-refractivity contribution in [3.8, 4) is 44.5 Å². The second-order valence-electron chi connectivity index (χ2n) is 24.7. The number of fused-ring (bicyclic) bond motifs is 6. The van der Waals surface area contributed by atoms with Gasteiger partial charge in [-0.2, -0.15) is 24.3 Å².